The highest BCUT2D eigenvalue weighted by Crippen LogP contribution is 2.48. The summed E-state index contributed by atoms with van der Waals surface area (Å²) in [5.74, 6) is -0.895. The Morgan fingerprint density at radius 3 is 2.79 bits per heavy atom. The molecule has 19 heavy (non-hydrogen) atoms. The molecule has 2 fully saturated rings. The van der Waals surface area contributed by atoms with E-state index < -0.39 is 5.97 Å². The van der Waals surface area contributed by atoms with E-state index in [4.69, 9.17) is 23.2 Å². The third-order valence-electron chi connectivity index (χ3n) is 4.49. The van der Waals surface area contributed by atoms with Crippen LogP contribution >= 0.6 is 34.5 Å². The number of carboxylic acids is 1. The topological polar surface area (TPSA) is 40.5 Å². The molecule has 104 valence electrons. The molecule has 3 nitrogen and oxygen atoms in total. The summed E-state index contributed by atoms with van der Waals surface area (Å²) in [6, 6.07) is 2.56. The second-order valence-electron chi connectivity index (χ2n) is 5.38. The van der Waals surface area contributed by atoms with Crippen LogP contribution in [-0.2, 0) is 4.79 Å². The normalized spacial score (nSPS) is 31.8. The second kappa shape index (κ2) is 4.92. The molecule has 4 unspecified atom stereocenters. The summed E-state index contributed by atoms with van der Waals surface area (Å²) in [6.07, 6.45) is 2.83. The number of thiophene rings is 1. The van der Waals surface area contributed by atoms with Crippen LogP contribution in [0.5, 0.6) is 0 Å². The van der Waals surface area contributed by atoms with Gasteiger partial charge < -0.3 is 5.11 Å². The fraction of sp³-hybridized carbons (Fsp3) is 0.615. The van der Waals surface area contributed by atoms with Crippen molar-refractivity contribution in [2.75, 3.05) is 0 Å². The lowest BCUT2D eigenvalue weighted by Crippen LogP contribution is -2.34. The van der Waals surface area contributed by atoms with Crippen molar-refractivity contribution in [3.05, 3.63) is 20.3 Å². The van der Waals surface area contributed by atoms with Crippen molar-refractivity contribution in [1.29, 1.82) is 0 Å². The molecular formula is C13H15Cl2NO2S. The summed E-state index contributed by atoms with van der Waals surface area (Å²) >= 11 is 13.6. The van der Waals surface area contributed by atoms with Gasteiger partial charge in [0.15, 0.2) is 0 Å². The van der Waals surface area contributed by atoms with E-state index in [0.717, 1.165) is 29.2 Å². The summed E-state index contributed by atoms with van der Waals surface area (Å²) in [6.45, 7) is 2.10. The second-order valence-corrected chi connectivity index (χ2v) is 7.67. The van der Waals surface area contributed by atoms with Gasteiger partial charge in [-0.15, -0.1) is 11.3 Å². The summed E-state index contributed by atoms with van der Waals surface area (Å²) in [7, 11) is 0. The molecule has 2 saturated heterocycles. The number of nitrogens with zero attached hydrogens (tertiary/aromatic N) is 1. The molecule has 0 saturated carbocycles. The molecule has 1 aromatic rings. The van der Waals surface area contributed by atoms with E-state index in [1.54, 1.807) is 0 Å². The van der Waals surface area contributed by atoms with Crippen LogP contribution in [0, 0.1) is 5.92 Å². The fourth-order valence-corrected chi connectivity index (χ4v) is 5.33. The van der Waals surface area contributed by atoms with E-state index in [0.29, 0.717) is 10.4 Å². The summed E-state index contributed by atoms with van der Waals surface area (Å²) in [4.78, 5) is 13.6. The first-order chi connectivity index (χ1) is 8.99. The van der Waals surface area contributed by atoms with E-state index >= 15 is 0 Å². The predicted octanol–water partition coefficient (Wildman–Crippen LogP) is 4.05. The molecule has 0 amide bonds. The van der Waals surface area contributed by atoms with Crippen LogP contribution in [0.25, 0.3) is 0 Å². The smallest absolute Gasteiger partial charge is 0.308 e. The minimum Gasteiger partial charge on any atom is -0.481 e. The highest BCUT2D eigenvalue weighted by atomic mass is 35.5. The SMILES string of the molecule is CC(c1cc(Cl)sc1Cl)N1C2CCC1C(C(=O)O)C2. The number of halogens is 2. The maximum Gasteiger partial charge on any atom is 0.308 e. The molecule has 4 atom stereocenters. The van der Waals surface area contributed by atoms with Crippen LogP contribution in [0.3, 0.4) is 0 Å². The fourth-order valence-electron chi connectivity index (χ4n) is 3.70. The Kier molecular flexibility index (Phi) is 3.54. The van der Waals surface area contributed by atoms with Gasteiger partial charge in [-0.05, 0) is 32.3 Å². The number of hydrogen-bond donors (Lipinski definition) is 1. The molecular weight excluding hydrogens is 305 g/mol. The molecule has 0 aromatic carbocycles. The molecule has 1 aromatic heterocycles. The van der Waals surface area contributed by atoms with Crippen molar-refractivity contribution in [1.82, 2.24) is 4.90 Å². The molecule has 3 heterocycles. The van der Waals surface area contributed by atoms with Crippen molar-refractivity contribution in [3.8, 4) is 0 Å². The number of fused-ring (bicyclic) bond motifs is 2. The summed E-state index contributed by atoms with van der Waals surface area (Å²) < 4.78 is 1.41. The molecule has 1 N–H and O–H groups in total. The Bertz CT molecular complexity index is 519. The molecule has 3 rings (SSSR count). The quantitative estimate of drug-likeness (QED) is 0.913. The van der Waals surface area contributed by atoms with Crippen molar-refractivity contribution in [2.45, 2.75) is 44.3 Å². The monoisotopic (exact) mass is 319 g/mol. The Labute approximate surface area is 126 Å². The molecule has 2 aliphatic rings. The van der Waals surface area contributed by atoms with Gasteiger partial charge in [0, 0.05) is 23.7 Å². The Morgan fingerprint density at radius 1 is 1.53 bits per heavy atom. The predicted molar refractivity (Wildman–Crippen MR) is 77.1 cm³/mol. The van der Waals surface area contributed by atoms with E-state index in [1.165, 1.54) is 11.3 Å². The van der Waals surface area contributed by atoms with Gasteiger partial charge in [0.25, 0.3) is 0 Å². The van der Waals surface area contributed by atoms with Crippen molar-refractivity contribution < 1.29 is 9.90 Å². The van der Waals surface area contributed by atoms with E-state index in [2.05, 4.69) is 11.8 Å². The van der Waals surface area contributed by atoms with Gasteiger partial charge in [-0.3, -0.25) is 9.69 Å². The van der Waals surface area contributed by atoms with E-state index in [-0.39, 0.29) is 18.0 Å². The Hall–Kier alpha value is -0.290. The lowest BCUT2D eigenvalue weighted by molar-refractivity contribution is -0.142. The third kappa shape index (κ3) is 2.19. The first-order valence-corrected chi connectivity index (χ1v) is 8.01. The molecule has 0 spiro atoms. The number of carbonyl (C=O) groups is 1. The number of carboxylic acid groups (broad SMARTS) is 1. The van der Waals surface area contributed by atoms with Gasteiger partial charge in [0.2, 0.25) is 0 Å². The van der Waals surface area contributed by atoms with Crippen LogP contribution < -0.4 is 0 Å². The number of hydrogen-bond acceptors (Lipinski definition) is 3. The molecule has 0 radical (unpaired) electrons. The van der Waals surface area contributed by atoms with Crippen LogP contribution in [-0.4, -0.2) is 28.1 Å². The van der Waals surface area contributed by atoms with Gasteiger partial charge in [-0.1, -0.05) is 23.2 Å². The lowest BCUT2D eigenvalue weighted by Gasteiger charge is -2.29. The van der Waals surface area contributed by atoms with Crippen LogP contribution in [0.4, 0.5) is 0 Å². The van der Waals surface area contributed by atoms with Gasteiger partial charge >= 0.3 is 5.97 Å². The lowest BCUT2D eigenvalue weighted by atomic mass is 9.89. The molecule has 6 heteroatoms. The van der Waals surface area contributed by atoms with Gasteiger partial charge in [0.1, 0.15) is 0 Å². The zero-order chi connectivity index (χ0) is 13.7. The average Bonchev–Trinajstić information content (AvgIpc) is 3.00. The molecule has 2 aliphatic heterocycles. The third-order valence-corrected chi connectivity index (χ3v) is 6.01. The van der Waals surface area contributed by atoms with Crippen molar-refractivity contribution in [2.24, 2.45) is 5.92 Å². The maximum absolute atomic E-state index is 11.3. The van der Waals surface area contributed by atoms with Crippen molar-refractivity contribution in [3.63, 3.8) is 0 Å². The number of rotatable bonds is 3. The standard InChI is InChI=1S/C13H15Cl2NO2S/c1-6(8-5-11(14)19-12(8)15)16-7-2-3-10(16)9(4-7)13(17)18/h5-7,9-10H,2-4H2,1H3,(H,17,18). The molecule has 2 bridgehead atoms. The van der Waals surface area contributed by atoms with Crippen molar-refractivity contribution >= 4 is 40.5 Å². The highest BCUT2D eigenvalue weighted by molar-refractivity contribution is 7.20. The first kappa shape index (κ1) is 13.7. The van der Waals surface area contributed by atoms with Crippen LogP contribution in [0.2, 0.25) is 8.67 Å². The summed E-state index contributed by atoms with van der Waals surface area (Å²) in [5.41, 5.74) is 1.03. The average molecular weight is 320 g/mol. The zero-order valence-electron chi connectivity index (χ0n) is 10.5. The van der Waals surface area contributed by atoms with E-state index in [9.17, 15) is 9.90 Å². The minimum absolute atomic E-state index is 0.137. The maximum atomic E-state index is 11.3. The zero-order valence-corrected chi connectivity index (χ0v) is 12.8. The molecule has 0 aliphatic carbocycles. The first-order valence-electron chi connectivity index (χ1n) is 6.44. The minimum atomic E-state index is -0.668. The van der Waals surface area contributed by atoms with Crippen LogP contribution in [0.15, 0.2) is 6.07 Å². The van der Waals surface area contributed by atoms with Gasteiger partial charge in [-0.25, -0.2) is 0 Å². The highest BCUT2D eigenvalue weighted by Gasteiger charge is 2.51. The van der Waals surface area contributed by atoms with Gasteiger partial charge in [0.05, 0.1) is 14.6 Å². The van der Waals surface area contributed by atoms with E-state index in [1.807, 2.05) is 6.07 Å². The van der Waals surface area contributed by atoms with Crippen LogP contribution in [0.1, 0.15) is 37.8 Å². The summed E-state index contributed by atoms with van der Waals surface area (Å²) in [5, 5.41) is 9.29. The Morgan fingerprint density at radius 2 is 2.26 bits per heavy atom. The largest absolute Gasteiger partial charge is 0.481 e. The number of aliphatic carboxylic acids is 1. The Balaban J connectivity index is 1.87. The van der Waals surface area contributed by atoms with Gasteiger partial charge in [-0.2, -0.15) is 0 Å².